The van der Waals surface area contributed by atoms with Gasteiger partial charge in [0.15, 0.2) is 11.0 Å². The summed E-state index contributed by atoms with van der Waals surface area (Å²) in [6.07, 6.45) is 4.35. The normalized spacial score (nSPS) is 14.4. The van der Waals surface area contributed by atoms with Gasteiger partial charge in [-0.05, 0) is 18.9 Å². The third-order valence-corrected chi connectivity index (χ3v) is 5.23. The molecule has 1 N–H and O–H groups in total. The zero-order chi connectivity index (χ0) is 16.8. The van der Waals surface area contributed by atoms with Gasteiger partial charge in [0.1, 0.15) is 0 Å². The van der Waals surface area contributed by atoms with E-state index < -0.39 is 0 Å². The Morgan fingerprint density at radius 3 is 2.88 bits per heavy atom. The zero-order valence-corrected chi connectivity index (χ0v) is 14.5. The van der Waals surface area contributed by atoms with E-state index in [9.17, 15) is 0 Å². The minimum Gasteiger partial charge on any atom is -0.425 e. The lowest BCUT2D eigenvalue weighted by Crippen LogP contribution is -1.99. The first kappa shape index (κ1) is 14.7. The first-order chi connectivity index (χ1) is 12.3. The maximum atomic E-state index is 5.45. The highest BCUT2D eigenvalue weighted by atomic mass is 32.2. The summed E-state index contributed by atoms with van der Waals surface area (Å²) in [6, 6.07) is 8.74. The highest BCUT2D eigenvalue weighted by molar-refractivity contribution is 7.98. The quantitative estimate of drug-likeness (QED) is 0.551. The van der Waals surface area contributed by atoms with Crippen LogP contribution in [0, 0.1) is 6.92 Å². The second-order valence-corrected chi connectivity index (χ2v) is 7.10. The van der Waals surface area contributed by atoms with Gasteiger partial charge in [0.2, 0.25) is 11.8 Å². The molecule has 0 spiro atoms. The van der Waals surface area contributed by atoms with E-state index in [0.29, 0.717) is 23.6 Å². The minimum atomic E-state index is 0.477. The van der Waals surface area contributed by atoms with Gasteiger partial charge >= 0.3 is 0 Å². The summed E-state index contributed by atoms with van der Waals surface area (Å²) in [7, 11) is 0. The van der Waals surface area contributed by atoms with E-state index >= 15 is 0 Å². The fourth-order valence-corrected chi connectivity index (χ4v) is 3.84. The Bertz CT molecular complexity index is 1040. The molecule has 0 amide bonds. The van der Waals surface area contributed by atoms with Gasteiger partial charge in [-0.1, -0.05) is 30.0 Å². The second-order valence-electron chi connectivity index (χ2n) is 6.16. The van der Waals surface area contributed by atoms with Crippen LogP contribution in [0.4, 0.5) is 0 Å². The number of H-pyrrole nitrogens is 1. The molecule has 126 valence electrons. The van der Waals surface area contributed by atoms with E-state index in [2.05, 4.69) is 42.1 Å². The summed E-state index contributed by atoms with van der Waals surface area (Å²) in [5.41, 5.74) is 2.20. The lowest BCUT2D eigenvalue weighted by atomic mass is 10.1. The molecule has 1 aliphatic carbocycles. The number of nitrogens with zero attached hydrogens (tertiary/aromatic N) is 5. The Labute approximate surface area is 147 Å². The SMILES string of the molecule is Cc1nnc(CSc2nnc(-c3c[nH]c4ccccc34)n2C2CC2)o1. The first-order valence-electron chi connectivity index (χ1n) is 8.23. The molecule has 8 heteroatoms. The third-order valence-electron chi connectivity index (χ3n) is 4.30. The Morgan fingerprint density at radius 2 is 2.08 bits per heavy atom. The molecule has 25 heavy (non-hydrogen) atoms. The van der Waals surface area contributed by atoms with Gasteiger partial charge in [-0.2, -0.15) is 0 Å². The van der Waals surface area contributed by atoms with Gasteiger partial charge in [-0.15, -0.1) is 20.4 Å². The lowest BCUT2D eigenvalue weighted by molar-refractivity contribution is 0.485. The minimum absolute atomic E-state index is 0.477. The Balaban J connectivity index is 1.51. The number of hydrogen-bond acceptors (Lipinski definition) is 6. The highest BCUT2D eigenvalue weighted by Crippen LogP contribution is 2.42. The van der Waals surface area contributed by atoms with Gasteiger partial charge in [-0.3, -0.25) is 4.57 Å². The van der Waals surface area contributed by atoms with Crippen LogP contribution in [0.25, 0.3) is 22.3 Å². The summed E-state index contributed by atoms with van der Waals surface area (Å²) in [5.74, 6) is 2.71. The lowest BCUT2D eigenvalue weighted by Gasteiger charge is -2.07. The van der Waals surface area contributed by atoms with Crippen LogP contribution in [0.5, 0.6) is 0 Å². The number of thioether (sulfide) groups is 1. The van der Waals surface area contributed by atoms with Crippen LogP contribution >= 0.6 is 11.8 Å². The van der Waals surface area contributed by atoms with Gasteiger partial charge in [0.25, 0.3) is 0 Å². The van der Waals surface area contributed by atoms with Crippen molar-refractivity contribution in [1.29, 1.82) is 0 Å². The van der Waals surface area contributed by atoms with Crippen molar-refractivity contribution in [3.8, 4) is 11.4 Å². The van der Waals surface area contributed by atoms with Crippen LogP contribution in [0.15, 0.2) is 40.0 Å². The zero-order valence-electron chi connectivity index (χ0n) is 13.6. The Hall–Kier alpha value is -2.61. The number of aryl methyl sites for hydroxylation is 1. The van der Waals surface area contributed by atoms with Crippen molar-refractivity contribution in [3.63, 3.8) is 0 Å². The van der Waals surface area contributed by atoms with Crippen molar-refractivity contribution >= 4 is 22.7 Å². The molecule has 3 aromatic heterocycles. The number of aromatic nitrogens is 6. The van der Waals surface area contributed by atoms with Crippen LogP contribution in [-0.4, -0.2) is 29.9 Å². The molecule has 5 rings (SSSR count). The van der Waals surface area contributed by atoms with Crippen molar-refractivity contribution in [3.05, 3.63) is 42.2 Å². The predicted octanol–water partition coefficient (Wildman–Crippen LogP) is 3.75. The molecule has 1 saturated carbocycles. The number of para-hydroxylation sites is 1. The first-order valence-corrected chi connectivity index (χ1v) is 9.21. The molecule has 0 atom stereocenters. The number of hydrogen-bond donors (Lipinski definition) is 1. The fraction of sp³-hybridized carbons (Fsp3) is 0.294. The summed E-state index contributed by atoms with van der Waals surface area (Å²) in [6.45, 7) is 1.79. The number of fused-ring (bicyclic) bond motifs is 1. The summed E-state index contributed by atoms with van der Waals surface area (Å²) >= 11 is 1.59. The van der Waals surface area contributed by atoms with Crippen LogP contribution in [-0.2, 0) is 5.75 Å². The molecule has 4 aromatic rings. The van der Waals surface area contributed by atoms with Crippen molar-refractivity contribution in [2.24, 2.45) is 0 Å². The predicted molar refractivity (Wildman–Crippen MR) is 94.2 cm³/mol. The Kier molecular flexibility index (Phi) is 3.37. The number of nitrogens with one attached hydrogen (secondary N) is 1. The van der Waals surface area contributed by atoms with E-state index in [1.165, 1.54) is 18.2 Å². The van der Waals surface area contributed by atoms with Gasteiger partial charge in [0.05, 0.1) is 5.75 Å². The van der Waals surface area contributed by atoms with Crippen molar-refractivity contribution in [2.75, 3.05) is 0 Å². The number of rotatable bonds is 5. The molecule has 0 radical (unpaired) electrons. The molecule has 1 aromatic carbocycles. The van der Waals surface area contributed by atoms with Crippen LogP contribution in [0.1, 0.15) is 30.7 Å². The van der Waals surface area contributed by atoms with E-state index in [4.69, 9.17) is 4.42 Å². The van der Waals surface area contributed by atoms with Crippen molar-refractivity contribution in [2.45, 2.75) is 36.7 Å². The van der Waals surface area contributed by atoms with Gasteiger partial charge in [-0.25, -0.2) is 0 Å². The van der Waals surface area contributed by atoms with Gasteiger partial charge in [0, 0.05) is 35.6 Å². The molecule has 0 bridgehead atoms. The largest absolute Gasteiger partial charge is 0.425 e. The molecule has 1 fully saturated rings. The molecule has 3 heterocycles. The van der Waals surface area contributed by atoms with Crippen LogP contribution in [0.3, 0.4) is 0 Å². The average molecular weight is 352 g/mol. The second kappa shape index (κ2) is 5.73. The topological polar surface area (TPSA) is 85.4 Å². The summed E-state index contributed by atoms with van der Waals surface area (Å²) in [5, 5.41) is 18.9. The van der Waals surface area contributed by atoms with Crippen molar-refractivity contribution in [1.82, 2.24) is 29.9 Å². The van der Waals surface area contributed by atoms with E-state index in [0.717, 1.165) is 22.1 Å². The highest BCUT2D eigenvalue weighted by Gasteiger charge is 2.31. The summed E-state index contributed by atoms with van der Waals surface area (Å²) in [4.78, 5) is 3.32. The maximum absolute atomic E-state index is 5.45. The molecule has 0 saturated heterocycles. The van der Waals surface area contributed by atoms with Crippen molar-refractivity contribution < 1.29 is 4.42 Å². The van der Waals surface area contributed by atoms with E-state index in [-0.39, 0.29) is 0 Å². The molecule has 0 aliphatic heterocycles. The van der Waals surface area contributed by atoms with Crippen LogP contribution < -0.4 is 0 Å². The molecular weight excluding hydrogens is 336 g/mol. The van der Waals surface area contributed by atoms with Gasteiger partial charge < -0.3 is 9.40 Å². The maximum Gasteiger partial charge on any atom is 0.226 e. The molecule has 7 nitrogen and oxygen atoms in total. The number of benzene rings is 1. The van der Waals surface area contributed by atoms with E-state index in [1.807, 2.05) is 18.3 Å². The average Bonchev–Trinajstić information content (AvgIpc) is 3.05. The third kappa shape index (κ3) is 2.62. The standard InChI is InChI=1S/C17H16N6OS/c1-10-19-20-15(24-10)9-25-17-22-21-16(23(17)11-6-7-11)13-8-18-14-5-3-2-4-12(13)14/h2-5,8,11,18H,6-7,9H2,1H3. The molecule has 1 aliphatic rings. The van der Waals surface area contributed by atoms with E-state index in [1.54, 1.807) is 18.7 Å². The number of aromatic amines is 1. The van der Waals surface area contributed by atoms with Crippen LogP contribution in [0.2, 0.25) is 0 Å². The smallest absolute Gasteiger partial charge is 0.226 e. The summed E-state index contributed by atoms with van der Waals surface area (Å²) < 4.78 is 7.71. The molecular formula is C17H16N6OS. The molecule has 0 unspecified atom stereocenters. The fourth-order valence-electron chi connectivity index (χ4n) is 3.00. The Morgan fingerprint density at radius 1 is 1.20 bits per heavy atom. The monoisotopic (exact) mass is 352 g/mol.